The van der Waals surface area contributed by atoms with E-state index in [0.717, 1.165) is 17.5 Å². The Balaban J connectivity index is 1.63. The summed E-state index contributed by atoms with van der Waals surface area (Å²) in [5.74, 6) is -0.0143. The van der Waals surface area contributed by atoms with Crippen molar-refractivity contribution in [1.29, 1.82) is 5.26 Å². The number of nitrogens with zero attached hydrogens (tertiary/aromatic N) is 1. The van der Waals surface area contributed by atoms with Crippen LogP contribution in [-0.4, -0.2) is 25.6 Å². The second kappa shape index (κ2) is 12.6. The third-order valence-corrected chi connectivity index (χ3v) is 5.05. The van der Waals surface area contributed by atoms with Gasteiger partial charge in [0.1, 0.15) is 17.4 Å². The Bertz CT molecular complexity index is 1250. The summed E-state index contributed by atoms with van der Waals surface area (Å²) in [6, 6.07) is 23.6. The van der Waals surface area contributed by atoms with Crippen molar-refractivity contribution in [3.05, 3.63) is 95.1 Å². The molecular formula is C28H26N2O5. The van der Waals surface area contributed by atoms with Crippen LogP contribution in [0.25, 0.3) is 6.08 Å². The molecule has 0 heterocycles. The van der Waals surface area contributed by atoms with E-state index >= 15 is 0 Å². The van der Waals surface area contributed by atoms with E-state index in [1.165, 1.54) is 19.3 Å². The fraction of sp³-hybridized carbons (Fsp3) is 0.179. The van der Waals surface area contributed by atoms with Crippen LogP contribution in [0.5, 0.6) is 17.2 Å². The van der Waals surface area contributed by atoms with Crippen molar-refractivity contribution in [3.8, 4) is 23.3 Å². The average Bonchev–Trinajstić information content (AvgIpc) is 2.90. The molecule has 0 radical (unpaired) electrons. The molecule has 0 saturated heterocycles. The van der Waals surface area contributed by atoms with E-state index in [1.807, 2.05) is 61.5 Å². The minimum Gasteiger partial charge on any atom is -0.493 e. The largest absolute Gasteiger partial charge is 0.493 e. The first-order chi connectivity index (χ1) is 17.0. The number of nitriles is 1. The number of benzene rings is 3. The highest BCUT2D eigenvalue weighted by molar-refractivity contribution is 6.01. The number of hydrogen-bond acceptors (Lipinski definition) is 6. The van der Waals surface area contributed by atoms with Crippen LogP contribution in [-0.2, 0) is 22.6 Å². The highest BCUT2D eigenvalue weighted by Gasteiger charge is 2.13. The number of hydrogen-bond donors (Lipinski definition) is 1. The summed E-state index contributed by atoms with van der Waals surface area (Å²) in [7, 11) is 1.44. The van der Waals surface area contributed by atoms with Crippen LogP contribution >= 0.6 is 0 Å². The van der Waals surface area contributed by atoms with Gasteiger partial charge >= 0.3 is 5.97 Å². The van der Waals surface area contributed by atoms with E-state index in [0.29, 0.717) is 17.9 Å². The van der Waals surface area contributed by atoms with Crippen molar-refractivity contribution in [2.45, 2.75) is 19.9 Å². The lowest BCUT2D eigenvalue weighted by molar-refractivity contribution is -0.136. The van der Waals surface area contributed by atoms with Gasteiger partial charge in [0.25, 0.3) is 5.91 Å². The lowest BCUT2D eigenvalue weighted by Gasteiger charge is -2.11. The van der Waals surface area contributed by atoms with Gasteiger partial charge in [0.15, 0.2) is 18.1 Å². The van der Waals surface area contributed by atoms with Gasteiger partial charge in [-0.05, 0) is 53.5 Å². The fourth-order valence-electron chi connectivity index (χ4n) is 3.20. The average molecular weight is 471 g/mol. The fourth-order valence-corrected chi connectivity index (χ4v) is 3.20. The predicted octanol–water partition coefficient (Wildman–Crippen LogP) is 4.47. The molecule has 0 aliphatic carbocycles. The van der Waals surface area contributed by atoms with Gasteiger partial charge in [-0.2, -0.15) is 5.26 Å². The van der Waals surface area contributed by atoms with Crippen LogP contribution < -0.4 is 19.5 Å². The monoisotopic (exact) mass is 470 g/mol. The maximum Gasteiger partial charge on any atom is 0.349 e. The molecule has 3 aromatic rings. The molecule has 7 nitrogen and oxygen atoms in total. The molecule has 0 unspecified atom stereocenters. The van der Waals surface area contributed by atoms with Gasteiger partial charge in [0.2, 0.25) is 0 Å². The van der Waals surface area contributed by atoms with Crippen molar-refractivity contribution in [1.82, 2.24) is 5.32 Å². The summed E-state index contributed by atoms with van der Waals surface area (Å²) >= 11 is 0. The van der Waals surface area contributed by atoms with Crippen molar-refractivity contribution >= 4 is 18.0 Å². The molecule has 178 valence electrons. The molecule has 7 heteroatoms. The Hall–Kier alpha value is -4.57. The van der Waals surface area contributed by atoms with E-state index in [4.69, 9.17) is 14.2 Å². The second-order valence-electron chi connectivity index (χ2n) is 7.51. The van der Waals surface area contributed by atoms with Gasteiger partial charge in [0, 0.05) is 6.54 Å². The molecule has 1 amide bonds. The third-order valence-electron chi connectivity index (χ3n) is 5.05. The molecule has 35 heavy (non-hydrogen) atoms. The van der Waals surface area contributed by atoms with Gasteiger partial charge in [-0.1, -0.05) is 55.5 Å². The van der Waals surface area contributed by atoms with Crippen LogP contribution in [0.1, 0.15) is 23.6 Å². The highest BCUT2D eigenvalue weighted by Crippen LogP contribution is 2.29. The summed E-state index contributed by atoms with van der Waals surface area (Å²) in [6.07, 6.45) is 2.31. The minimum absolute atomic E-state index is 0.0598. The maximum absolute atomic E-state index is 12.4. The Morgan fingerprint density at radius 1 is 0.971 bits per heavy atom. The SMILES string of the molecule is CCc1cccc(OCC(=O)Oc2ccc(/C=C(\C#N)C(=O)NCc3ccccc3)cc2OC)c1. The zero-order chi connectivity index (χ0) is 25.0. The molecule has 3 aromatic carbocycles. The molecule has 0 bridgehead atoms. The standard InChI is InChI=1S/C28H26N2O5/c1-3-20-10-7-11-24(15-20)34-19-27(31)35-25-13-12-22(16-26(25)33-2)14-23(17-29)28(32)30-18-21-8-5-4-6-9-21/h4-16H,3,18-19H2,1-2H3,(H,30,32)/b23-14+. The number of carbonyl (C=O) groups excluding carboxylic acids is 2. The Kier molecular flexibility index (Phi) is 9.03. The Morgan fingerprint density at radius 2 is 1.74 bits per heavy atom. The van der Waals surface area contributed by atoms with Crippen LogP contribution in [0.15, 0.2) is 78.4 Å². The first kappa shape index (κ1) is 25.1. The number of esters is 1. The van der Waals surface area contributed by atoms with E-state index in [1.54, 1.807) is 18.2 Å². The number of carbonyl (C=O) groups is 2. The number of nitrogens with one attached hydrogen (secondary N) is 1. The first-order valence-electron chi connectivity index (χ1n) is 11.1. The number of amides is 1. The first-order valence-corrected chi connectivity index (χ1v) is 11.1. The summed E-state index contributed by atoms with van der Waals surface area (Å²) in [5, 5.41) is 12.2. The molecule has 0 aliphatic heterocycles. The maximum atomic E-state index is 12.4. The summed E-state index contributed by atoms with van der Waals surface area (Å²) in [5.41, 5.74) is 2.51. The molecule has 0 aromatic heterocycles. The van der Waals surface area contributed by atoms with E-state index in [2.05, 4.69) is 5.32 Å². The Labute approximate surface area is 204 Å². The molecule has 0 atom stereocenters. The van der Waals surface area contributed by atoms with Crippen LogP contribution in [0.4, 0.5) is 0 Å². The van der Waals surface area contributed by atoms with Crippen molar-refractivity contribution in [2.24, 2.45) is 0 Å². The quantitative estimate of drug-likeness (QED) is 0.203. The van der Waals surface area contributed by atoms with Crippen LogP contribution in [0.3, 0.4) is 0 Å². The van der Waals surface area contributed by atoms with Gasteiger partial charge < -0.3 is 19.5 Å². The van der Waals surface area contributed by atoms with E-state index < -0.39 is 11.9 Å². The summed E-state index contributed by atoms with van der Waals surface area (Å²) in [6.45, 7) is 2.08. The number of aryl methyl sites for hydroxylation is 1. The predicted molar refractivity (Wildman–Crippen MR) is 132 cm³/mol. The summed E-state index contributed by atoms with van der Waals surface area (Å²) in [4.78, 5) is 24.7. The second-order valence-corrected chi connectivity index (χ2v) is 7.51. The number of ether oxygens (including phenoxy) is 3. The van der Waals surface area contributed by atoms with Crippen LogP contribution in [0.2, 0.25) is 0 Å². The van der Waals surface area contributed by atoms with Gasteiger partial charge in [-0.3, -0.25) is 4.79 Å². The molecule has 3 rings (SSSR count). The Morgan fingerprint density at radius 3 is 2.46 bits per heavy atom. The van der Waals surface area contributed by atoms with Gasteiger partial charge in [-0.25, -0.2) is 4.79 Å². The van der Waals surface area contributed by atoms with Gasteiger partial charge in [0.05, 0.1) is 7.11 Å². The van der Waals surface area contributed by atoms with Crippen LogP contribution in [0, 0.1) is 11.3 Å². The smallest absolute Gasteiger partial charge is 0.349 e. The van der Waals surface area contributed by atoms with E-state index in [9.17, 15) is 14.9 Å². The van der Waals surface area contributed by atoms with E-state index in [-0.39, 0.29) is 23.7 Å². The zero-order valence-electron chi connectivity index (χ0n) is 19.6. The lowest BCUT2D eigenvalue weighted by atomic mass is 10.1. The molecule has 1 N–H and O–H groups in total. The normalized spacial score (nSPS) is 10.7. The molecule has 0 aliphatic rings. The zero-order valence-corrected chi connectivity index (χ0v) is 19.6. The van der Waals surface area contributed by atoms with Crippen molar-refractivity contribution < 1.29 is 23.8 Å². The highest BCUT2D eigenvalue weighted by atomic mass is 16.6. The molecule has 0 fully saturated rings. The summed E-state index contributed by atoms with van der Waals surface area (Å²) < 4.78 is 16.2. The van der Waals surface area contributed by atoms with Gasteiger partial charge in [-0.15, -0.1) is 0 Å². The molecule has 0 spiro atoms. The number of rotatable bonds is 10. The topological polar surface area (TPSA) is 97.7 Å². The molecular weight excluding hydrogens is 444 g/mol. The third kappa shape index (κ3) is 7.47. The minimum atomic E-state index is -0.591. The number of methoxy groups -OCH3 is 1. The van der Waals surface area contributed by atoms with Crippen molar-refractivity contribution in [3.63, 3.8) is 0 Å². The lowest BCUT2D eigenvalue weighted by Crippen LogP contribution is -2.23. The molecule has 0 saturated carbocycles. The van der Waals surface area contributed by atoms with Crippen molar-refractivity contribution in [2.75, 3.05) is 13.7 Å².